The van der Waals surface area contributed by atoms with Crippen LogP contribution >= 0.6 is 0 Å². The van der Waals surface area contributed by atoms with E-state index in [1.54, 1.807) is 6.92 Å². The lowest BCUT2D eigenvalue weighted by molar-refractivity contribution is 0.0195. The van der Waals surface area contributed by atoms with Crippen molar-refractivity contribution in [3.05, 3.63) is 29.3 Å². The third kappa shape index (κ3) is 4.72. The number of ether oxygens (including phenoxy) is 2. The predicted octanol–water partition coefficient (Wildman–Crippen LogP) is 0.152. The fraction of sp³-hybridized carbons (Fsp3) is 0.500. The van der Waals surface area contributed by atoms with E-state index in [9.17, 15) is 13.2 Å². The third-order valence-corrected chi connectivity index (χ3v) is 4.84. The van der Waals surface area contributed by atoms with Crippen molar-refractivity contribution in [1.82, 2.24) is 9.79 Å². The minimum atomic E-state index is -4.05. The first-order valence-corrected chi connectivity index (χ1v) is 8.66. The van der Waals surface area contributed by atoms with Gasteiger partial charge in [-0.15, -0.1) is 0 Å². The second-order valence-corrected chi connectivity index (χ2v) is 6.79. The molecule has 23 heavy (non-hydrogen) atoms. The highest BCUT2D eigenvalue weighted by molar-refractivity contribution is 7.89. The highest BCUT2D eigenvalue weighted by Crippen LogP contribution is 2.17. The van der Waals surface area contributed by atoms with Crippen LogP contribution in [0.15, 0.2) is 23.1 Å². The molecule has 0 aliphatic carbocycles. The third-order valence-electron chi connectivity index (χ3n) is 3.58. The highest BCUT2D eigenvalue weighted by atomic mass is 32.2. The van der Waals surface area contributed by atoms with Gasteiger partial charge >= 0.3 is 5.97 Å². The van der Waals surface area contributed by atoms with Gasteiger partial charge in [-0.3, -0.25) is 4.90 Å². The fourth-order valence-electron chi connectivity index (χ4n) is 2.24. The van der Waals surface area contributed by atoms with Gasteiger partial charge in [-0.05, 0) is 24.6 Å². The molecule has 1 aliphatic rings. The van der Waals surface area contributed by atoms with Crippen LogP contribution in [0.4, 0.5) is 0 Å². The van der Waals surface area contributed by atoms with Crippen molar-refractivity contribution in [3.8, 4) is 0 Å². The second-order valence-electron chi connectivity index (χ2n) is 5.16. The van der Waals surface area contributed by atoms with E-state index < -0.39 is 16.0 Å². The van der Waals surface area contributed by atoms with Crippen molar-refractivity contribution in [1.29, 1.82) is 0 Å². The monoisotopic (exact) mass is 344 g/mol. The number of rotatable bonds is 6. The lowest BCUT2D eigenvalue weighted by Gasteiger charge is -2.26. The molecule has 1 heterocycles. The number of morpholine rings is 1. The summed E-state index contributed by atoms with van der Waals surface area (Å²) in [7, 11) is -4.05. The fourth-order valence-corrected chi connectivity index (χ4v) is 3.11. The van der Waals surface area contributed by atoms with Crippen LogP contribution in [-0.2, 0) is 19.5 Å². The summed E-state index contributed by atoms with van der Waals surface area (Å²) < 4.78 is 33.8. The molecule has 1 aromatic rings. The Bertz CT molecular complexity index is 655. The maximum atomic E-state index is 12.0. The van der Waals surface area contributed by atoms with Gasteiger partial charge in [-0.25, -0.2) is 13.2 Å². The van der Waals surface area contributed by atoms with Crippen LogP contribution < -0.4 is 4.89 Å². The molecule has 9 heteroatoms. The van der Waals surface area contributed by atoms with Crippen LogP contribution in [0, 0.1) is 6.92 Å². The summed E-state index contributed by atoms with van der Waals surface area (Å²) in [4.78, 5) is 15.2. The molecular weight excluding hydrogens is 324 g/mol. The second kappa shape index (κ2) is 7.84. The Labute approximate surface area is 135 Å². The molecular formula is C14H20N2O6S. The molecule has 1 aliphatic heterocycles. The zero-order valence-corrected chi connectivity index (χ0v) is 13.6. The minimum Gasteiger partial charge on any atom is -0.461 e. The van der Waals surface area contributed by atoms with Gasteiger partial charge in [-0.2, -0.15) is 0 Å². The van der Waals surface area contributed by atoms with Gasteiger partial charge in [0.15, 0.2) is 0 Å². The number of carbonyl (C=O) groups excluding carboxylic acids is 1. The van der Waals surface area contributed by atoms with Crippen LogP contribution in [0.1, 0.15) is 15.9 Å². The van der Waals surface area contributed by atoms with E-state index >= 15 is 0 Å². The normalized spacial score (nSPS) is 16.3. The molecule has 0 spiro atoms. The lowest BCUT2D eigenvalue weighted by Crippen LogP contribution is -2.38. The van der Waals surface area contributed by atoms with Gasteiger partial charge in [0.05, 0.1) is 23.7 Å². The van der Waals surface area contributed by atoms with E-state index in [-0.39, 0.29) is 17.1 Å². The van der Waals surface area contributed by atoms with Crippen LogP contribution in [0.2, 0.25) is 0 Å². The van der Waals surface area contributed by atoms with E-state index in [4.69, 9.17) is 14.7 Å². The molecule has 0 radical (unpaired) electrons. The Morgan fingerprint density at radius 2 is 2.09 bits per heavy atom. The lowest BCUT2D eigenvalue weighted by atomic mass is 10.1. The number of nitrogens with one attached hydrogen (secondary N) is 1. The molecule has 2 N–H and O–H groups in total. The first-order chi connectivity index (χ1) is 10.9. The zero-order chi connectivity index (χ0) is 16.9. The molecule has 0 bridgehead atoms. The van der Waals surface area contributed by atoms with Gasteiger partial charge in [0, 0.05) is 19.6 Å². The number of aryl methyl sites for hydroxylation is 1. The number of hydrogen-bond donors (Lipinski definition) is 2. The van der Waals surface area contributed by atoms with Crippen LogP contribution in [0.5, 0.6) is 0 Å². The molecule has 1 saturated heterocycles. The van der Waals surface area contributed by atoms with Gasteiger partial charge in [0.1, 0.15) is 6.61 Å². The largest absolute Gasteiger partial charge is 0.461 e. The number of hydrogen-bond acceptors (Lipinski definition) is 7. The SMILES string of the molecule is Cc1ccc(C(=O)OCCN2CCOCC2)cc1S(=O)(=O)NO. The highest BCUT2D eigenvalue weighted by Gasteiger charge is 2.19. The first kappa shape index (κ1) is 17.8. The van der Waals surface area contributed by atoms with Crippen LogP contribution in [-0.4, -0.2) is 63.9 Å². The minimum absolute atomic E-state index is 0.117. The molecule has 0 amide bonds. The van der Waals surface area contributed by atoms with Crippen molar-refractivity contribution in [3.63, 3.8) is 0 Å². The number of sulfonamides is 1. The maximum absolute atomic E-state index is 12.0. The Kier molecular flexibility index (Phi) is 6.08. The number of esters is 1. The van der Waals surface area contributed by atoms with Crippen molar-refractivity contribution in [2.45, 2.75) is 11.8 Å². The molecule has 1 aromatic carbocycles. The van der Waals surface area contributed by atoms with Gasteiger partial charge in [0.25, 0.3) is 10.0 Å². The van der Waals surface area contributed by atoms with Gasteiger partial charge in [0.2, 0.25) is 0 Å². The van der Waals surface area contributed by atoms with Crippen molar-refractivity contribution in [2.24, 2.45) is 0 Å². The average Bonchev–Trinajstić information content (AvgIpc) is 2.56. The molecule has 0 atom stereocenters. The van der Waals surface area contributed by atoms with E-state index in [2.05, 4.69) is 4.90 Å². The van der Waals surface area contributed by atoms with E-state index in [1.807, 2.05) is 0 Å². The summed E-state index contributed by atoms with van der Waals surface area (Å²) in [6, 6.07) is 4.16. The molecule has 0 saturated carbocycles. The Balaban J connectivity index is 1.98. The van der Waals surface area contributed by atoms with Crippen LogP contribution in [0.25, 0.3) is 0 Å². The summed E-state index contributed by atoms with van der Waals surface area (Å²) in [5.74, 6) is -0.604. The van der Waals surface area contributed by atoms with Crippen molar-refractivity contribution in [2.75, 3.05) is 39.5 Å². The number of benzene rings is 1. The Morgan fingerprint density at radius 1 is 1.39 bits per heavy atom. The zero-order valence-electron chi connectivity index (χ0n) is 12.8. The summed E-state index contributed by atoms with van der Waals surface area (Å²) in [6.45, 7) is 5.32. The molecule has 0 unspecified atom stereocenters. The summed E-state index contributed by atoms with van der Waals surface area (Å²) in [6.07, 6.45) is 0. The molecule has 2 rings (SSSR count). The number of carbonyl (C=O) groups is 1. The molecule has 128 valence electrons. The average molecular weight is 344 g/mol. The van der Waals surface area contributed by atoms with Crippen molar-refractivity contribution >= 4 is 16.0 Å². The predicted molar refractivity (Wildman–Crippen MR) is 80.8 cm³/mol. The quantitative estimate of drug-likeness (QED) is 0.559. The number of nitrogens with zero attached hydrogens (tertiary/aromatic N) is 1. The molecule has 8 nitrogen and oxygen atoms in total. The van der Waals surface area contributed by atoms with E-state index in [0.29, 0.717) is 25.3 Å². The summed E-state index contributed by atoms with van der Waals surface area (Å²) >= 11 is 0. The van der Waals surface area contributed by atoms with E-state index in [0.717, 1.165) is 13.1 Å². The smallest absolute Gasteiger partial charge is 0.338 e. The Hall–Kier alpha value is -1.52. The first-order valence-electron chi connectivity index (χ1n) is 7.18. The molecule has 0 aromatic heterocycles. The maximum Gasteiger partial charge on any atom is 0.338 e. The van der Waals surface area contributed by atoms with Crippen LogP contribution in [0.3, 0.4) is 0 Å². The topological polar surface area (TPSA) is 105 Å². The van der Waals surface area contributed by atoms with Crippen molar-refractivity contribution < 1.29 is 27.9 Å². The summed E-state index contributed by atoms with van der Waals surface area (Å²) in [5, 5.41) is 8.72. The Morgan fingerprint density at radius 3 is 2.74 bits per heavy atom. The summed E-state index contributed by atoms with van der Waals surface area (Å²) in [5.41, 5.74) is 0.530. The molecule has 1 fully saturated rings. The van der Waals surface area contributed by atoms with Gasteiger partial charge in [-0.1, -0.05) is 11.0 Å². The van der Waals surface area contributed by atoms with Gasteiger partial charge < -0.3 is 14.7 Å². The van der Waals surface area contributed by atoms with E-state index in [1.165, 1.54) is 23.1 Å². The standard InChI is InChI=1S/C14H20N2O6S/c1-11-2-3-12(10-13(11)23(19,20)15-18)14(17)22-9-6-16-4-7-21-8-5-16/h2-3,10,15,18H,4-9H2,1H3.